The lowest BCUT2D eigenvalue weighted by molar-refractivity contribution is -0.135. The number of benzene rings is 3. The fourth-order valence-electron chi connectivity index (χ4n) is 5.82. The fourth-order valence-corrected chi connectivity index (χ4v) is 5.82. The predicted molar refractivity (Wildman–Crippen MR) is 116 cm³/mol. The first-order chi connectivity index (χ1) is 14.1. The molecule has 2 aliphatic carbocycles. The summed E-state index contributed by atoms with van der Waals surface area (Å²) in [5, 5.41) is 2.38. The molecule has 1 heterocycles. The van der Waals surface area contributed by atoms with Crippen molar-refractivity contribution in [3.05, 3.63) is 99.1 Å². The second-order valence-corrected chi connectivity index (χ2v) is 8.57. The zero-order valence-corrected chi connectivity index (χ0v) is 16.9. The van der Waals surface area contributed by atoms with E-state index in [0.717, 1.165) is 28.7 Å². The average molecular weight is 378 g/mol. The molecule has 0 amide bonds. The van der Waals surface area contributed by atoms with Gasteiger partial charge >= 0.3 is 5.97 Å². The van der Waals surface area contributed by atoms with Crippen LogP contribution in [0.3, 0.4) is 0 Å². The molecule has 6 rings (SSSR count). The number of hydrogen-bond acceptors (Lipinski definition) is 2. The molecule has 3 aromatic carbocycles. The summed E-state index contributed by atoms with van der Waals surface area (Å²) in [6.07, 6.45) is 5.25. The molecule has 0 saturated heterocycles. The lowest BCUT2D eigenvalue weighted by atomic mass is 9.68. The maximum atomic E-state index is 13.2. The minimum atomic E-state index is -0.310. The normalized spacial score (nSPS) is 21.6. The first-order valence-electron chi connectivity index (χ1n) is 10.3. The van der Waals surface area contributed by atoms with Crippen molar-refractivity contribution >= 4 is 16.7 Å². The summed E-state index contributed by atoms with van der Waals surface area (Å²) in [6, 6.07) is 15.2. The van der Waals surface area contributed by atoms with Crippen LogP contribution in [0.15, 0.2) is 65.8 Å². The van der Waals surface area contributed by atoms with Crippen molar-refractivity contribution < 1.29 is 9.53 Å². The number of hydrogen-bond donors (Lipinski definition) is 0. The molecular formula is C27H22O2. The van der Waals surface area contributed by atoms with Gasteiger partial charge in [0, 0.05) is 11.3 Å². The van der Waals surface area contributed by atoms with E-state index < -0.39 is 0 Å². The van der Waals surface area contributed by atoms with Gasteiger partial charge in [-0.15, -0.1) is 0 Å². The first-order valence-corrected chi connectivity index (χ1v) is 10.3. The fraction of sp³-hybridized carbons (Fsp3) is 0.222. The number of ether oxygens (including phenoxy) is 1. The van der Waals surface area contributed by atoms with Crippen LogP contribution in [0.5, 0.6) is 5.75 Å². The topological polar surface area (TPSA) is 26.3 Å². The Bertz CT molecular complexity index is 1290. The third-order valence-electron chi connectivity index (χ3n) is 6.85. The highest BCUT2D eigenvalue weighted by Crippen LogP contribution is 2.56. The Morgan fingerprint density at radius 1 is 0.897 bits per heavy atom. The molecule has 2 atom stereocenters. The predicted octanol–water partition coefficient (Wildman–Crippen LogP) is 6.17. The Hall–Kier alpha value is -3.13. The van der Waals surface area contributed by atoms with Gasteiger partial charge in [-0.3, -0.25) is 4.79 Å². The van der Waals surface area contributed by atoms with Gasteiger partial charge in [-0.2, -0.15) is 0 Å². The van der Waals surface area contributed by atoms with Crippen LogP contribution in [0.1, 0.15) is 51.6 Å². The minimum absolute atomic E-state index is 0.138. The SMILES string of the molecule is Cc1cc(C)c2c(C)cc3c4c2c1OC(=O)C4C1=C(CC=C1)C3c1ccccc1. The third kappa shape index (κ3) is 2.09. The van der Waals surface area contributed by atoms with E-state index in [1.807, 2.05) is 6.92 Å². The van der Waals surface area contributed by atoms with Crippen LogP contribution in [0.2, 0.25) is 0 Å². The maximum Gasteiger partial charge on any atom is 0.323 e. The van der Waals surface area contributed by atoms with Gasteiger partial charge in [-0.1, -0.05) is 60.2 Å². The van der Waals surface area contributed by atoms with Crippen molar-refractivity contribution in [2.75, 3.05) is 0 Å². The smallest absolute Gasteiger partial charge is 0.323 e. The molecule has 2 heteroatoms. The standard InChI is InChI=1S/C27H22O2/c1-14-12-16(3)26-25-21(14)15(2)13-20-22(17-8-5-4-6-9-17)18-10-7-11-19(18)24(23(20)25)27(28)29-26/h4-9,11-13,22,24H,10H2,1-3H3. The van der Waals surface area contributed by atoms with Crippen molar-refractivity contribution in [3.63, 3.8) is 0 Å². The number of rotatable bonds is 1. The van der Waals surface area contributed by atoms with Crippen molar-refractivity contribution in [2.45, 2.75) is 39.0 Å². The largest absolute Gasteiger partial charge is 0.425 e. The van der Waals surface area contributed by atoms with Gasteiger partial charge in [0.1, 0.15) is 11.7 Å². The highest BCUT2D eigenvalue weighted by Gasteiger charge is 2.44. The molecule has 0 radical (unpaired) electrons. The van der Waals surface area contributed by atoms with E-state index in [0.29, 0.717) is 0 Å². The average Bonchev–Trinajstić information content (AvgIpc) is 3.18. The summed E-state index contributed by atoms with van der Waals surface area (Å²) in [7, 11) is 0. The maximum absolute atomic E-state index is 13.2. The zero-order chi connectivity index (χ0) is 19.9. The molecule has 2 unspecified atom stereocenters. The highest BCUT2D eigenvalue weighted by atomic mass is 16.5. The van der Waals surface area contributed by atoms with Crippen LogP contribution in [0.4, 0.5) is 0 Å². The molecule has 2 nitrogen and oxygen atoms in total. The van der Waals surface area contributed by atoms with Crippen molar-refractivity contribution in [1.82, 2.24) is 0 Å². The molecule has 1 aliphatic heterocycles. The van der Waals surface area contributed by atoms with E-state index in [1.54, 1.807) is 0 Å². The minimum Gasteiger partial charge on any atom is -0.425 e. The monoisotopic (exact) mass is 378 g/mol. The summed E-state index contributed by atoms with van der Waals surface area (Å²) in [6.45, 7) is 6.39. The summed E-state index contributed by atoms with van der Waals surface area (Å²) in [4.78, 5) is 13.2. The second kappa shape index (κ2) is 5.70. The number of esters is 1. The van der Waals surface area contributed by atoms with Gasteiger partial charge in [-0.25, -0.2) is 0 Å². The molecule has 0 bridgehead atoms. The molecule has 0 aromatic heterocycles. The molecule has 0 fully saturated rings. The molecule has 3 aliphatic rings. The lowest BCUT2D eigenvalue weighted by Crippen LogP contribution is -2.30. The molecule has 0 N–H and O–H groups in total. The highest BCUT2D eigenvalue weighted by molar-refractivity contribution is 6.07. The Morgan fingerprint density at radius 2 is 1.66 bits per heavy atom. The second-order valence-electron chi connectivity index (χ2n) is 8.57. The first kappa shape index (κ1) is 16.8. The number of fused-ring (bicyclic) bond motifs is 1. The van der Waals surface area contributed by atoms with E-state index in [-0.39, 0.29) is 17.8 Å². The Morgan fingerprint density at radius 3 is 2.45 bits per heavy atom. The van der Waals surface area contributed by atoms with E-state index >= 15 is 0 Å². The third-order valence-corrected chi connectivity index (χ3v) is 6.85. The van der Waals surface area contributed by atoms with E-state index in [9.17, 15) is 4.79 Å². The Balaban J connectivity index is 1.80. The van der Waals surface area contributed by atoms with Crippen LogP contribution in [0, 0.1) is 20.8 Å². The van der Waals surface area contributed by atoms with Crippen molar-refractivity contribution in [2.24, 2.45) is 0 Å². The summed E-state index contributed by atoms with van der Waals surface area (Å²) in [5.74, 6) is 0.497. The quantitative estimate of drug-likeness (QED) is 0.374. The molecule has 142 valence electrons. The molecular weight excluding hydrogens is 356 g/mol. The zero-order valence-electron chi connectivity index (χ0n) is 16.9. The molecule has 3 aromatic rings. The molecule has 0 spiro atoms. The van der Waals surface area contributed by atoms with Gasteiger partial charge in [0.2, 0.25) is 0 Å². The van der Waals surface area contributed by atoms with Gasteiger partial charge in [0.15, 0.2) is 0 Å². The van der Waals surface area contributed by atoms with Gasteiger partial charge in [-0.05, 0) is 71.5 Å². The summed E-state index contributed by atoms with van der Waals surface area (Å²) in [5.41, 5.74) is 9.76. The Labute approximate surface area is 170 Å². The number of aryl methyl sites for hydroxylation is 3. The number of carbonyl (C=O) groups is 1. The number of allylic oxidation sites excluding steroid dienone is 3. The van der Waals surface area contributed by atoms with Gasteiger partial charge in [0.05, 0.1) is 0 Å². The van der Waals surface area contributed by atoms with Crippen LogP contribution in [-0.4, -0.2) is 5.97 Å². The number of carbonyl (C=O) groups excluding carboxylic acids is 1. The van der Waals surface area contributed by atoms with Crippen LogP contribution >= 0.6 is 0 Å². The molecule has 29 heavy (non-hydrogen) atoms. The van der Waals surface area contributed by atoms with Gasteiger partial charge < -0.3 is 4.74 Å². The van der Waals surface area contributed by atoms with E-state index in [1.165, 1.54) is 38.8 Å². The summed E-state index contributed by atoms with van der Waals surface area (Å²) >= 11 is 0. The summed E-state index contributed by atoms with van der Waals surface area (Å²) < 4.78 is 5.98. The van der Waals surface area contributed by atoms with Crippen LogP contribution in [-0.2, 0) is 4.79 Å². The lowest BCUT2D eigenvalue weighted by Gasteiger charge is -2.37. The van der Waals surface area contributed by atoms with Gasteiger partial charge in [0.25, 0.3) is 0 Å². The van der Waals surface area contributed by atoms with Crippen LogP contribution < -0.4 is 4.74 Å². The van der Waals surface area contributed by atoms with E-state index in [2.05, 4.69) is 68.5 Å². The van der Waals surface area contributed by atoms with E-state index in [4.69, 9.17) is 4.74 Å². The Kier molecular flexibility index (Phi) is 3.30. The van der Waals surface area contributed by atoms with Crippen molar-refractivity contribution in [1.29, 1.82) is 0 Å². The van der Waals surface area contributed by atoms with Crippen molar-refractivity contribution in [3.8, 4) is 5.75 Å². The van der Waals surface area contributed by atoms with Crippen LogP contribution in [0.25, 0.3) is 10.8 Å². The molecule has 0 saturated carbocycles.